The fourth-order valence-electron chi connectivity index (χ4n) is 13.0. The molecule has 5 N–H and O–H groups in total. The first-order valence-corrected chi connectivity index (χ1v) is 21.4. The van der Waals surface area contributed by atoms with Crippen molar-refractivity contribution in [2.75, 3.05) is 6.61 Å². The second-order valence-electron chi connectivity index (χ2n) is 19.1. The summed E-state index contributed by atoms with van der Waals surface area (Å²) in [5.74, 6) is 0.0703. The molecule has 0 amide bonds. The summed E-state index contributed by atoms with van der Waals surface area (Å²) >= 11 is 0. The zero-order chi connectivity index (χ0) is 40.6. The summed E-state index contributed by atoms with van der Waals surface area (Å²) in [6, 6.07) is 0. The minimum absolute atomic E-state index is 0.00114. The lowest BCUT2D eigenvalue weighted by Gasteiger charge is -2.63. The van der Waals surface area contributed by atoms with Gasteiger partial charge in [-0.3, -0.25) is 4.79 Å². The molecule has 3 unspecified atom stereocenters. The van der Waals surface area contributed by atoms with Crippen molar-refractivity contribution in [1.29, 1.82) is 0 Å². The third-order valence-electron chi connectivity index (χ3n) is 16.0. The molecular formula is C42H64O15. The summed E-state index contributed by atoms with van der Waals surface area (Å²) in [6.45, 7) is 10.4. The van der Waals surface area contributed by atoms with Crippen LogP contribution in [0.3, 0.4) is 0 Å². The first-order valence-electron chi connectivity index (χ1n) is 21.4. The van der Waals surface area contributed by atoms with Crippen LogP contribution in [0.25, 0.3) is 0 Å². The highest BCUT2D eigenvalue weighted by Gasteiger charge is 2.71. The van der Waals surface area contributed by atoms with Crippen molar-refractivity contribution in [1.82, 2.24) is 0 Å². The molecule has 3 saturated heterocycles. The molecule has 0 bridgehead atoms. The van der Waals surface area contributed by atoms with Crippen LogP contribution < -0.4 is 0 Å². The van der Waals surface area contributed by atoms with Crippen molar-refractivity contribution in [3.05, 3.63) is 11.6 Å². The van der Waals surface area contributed by atoms with E-state index < -0.39 is 90.9 Å². The third-order valence-corrected chi connectivity index (χ3v) is 16.0. The molecule has 4 heterocycles. The van der Waals surface area contributed by atoms with Gasteiger partial charge in [0.1, 0.15) is 31.0 Å². The van der Waals surface area contributed by atoms with E-state index in [1.54, 1.807) is 13.8 Å². The van der Waals surface area contributed by atoms with E-state index in [1.807, 2.05) is 6.92 Å². The molecule has 7 fully saturated rings. The van der Waals surface area contributed by atoms with Gasteiger partial charge in [-0.2, -0.15) is 0 Å². The number of carbonyl (C=O) groups excluding carboxylic acids is 2. The summed E-state index contributed by atoms with van der Waals surface area (Å²) in [7, 11) is 0. The standard InChI is InChI=1S/C42H64O15/c1-20-37(48)28(44)14-34(52-20)56-39-22(3)54-35(16-30(39)46)57-38-21(2)53-33(15-29(38)45)55-25-8-10-40(4)24(13-25)6-7-27-26(40)9-11-41(5)36(23-12-32(47)50-18-23)31(51-19-43)17-42(27,41)49/h12,19-22,24-31,33-39,44-46,48-49H,6-11,13-18H2,1-5H3/t20-,21-,22-,24-,25+,26+,27-,28+,29+,30+,31+,33?,34?,35?,36+,37-,38-,39-,40+,41-,42+/m1/s1. The third kappa shape index (κ3) is 7.42. The van der Waals surface area contributed by atoms with Crippen molar-refractivity contribution >= 4 is 12.4 Å². The molecule has 4 aliphatic heterocycles. The summed E-state index contributed by atoms with van der Waals surface area (Å²) in [5, 5.41) is 55.2. The lowest BCUT2D eigenvalue weighted by molar-refractivity contribution is -0.336. The largest absolute Gasteiger partial charge is 0.464 e. The topological polar surface area (TPSA) is 209 Å². The molecule has 0 radical (unpaired) electrons. The fourth-order valence-corrected chi connectivity index (χ4v) is 13.0. The highest BCUT2D eigenvalue weighted by Crippen LogP contribution is 2.70. The number of aliphatic hydroxyl groups excluding tert-OH is 4. The van der Waals surface area contributed by atoms with Gasteiger partial charge >= 0.3 is 5.97 Å². The first-order chi connectivity index (χ1) is 27.0. The van der Waals surface area contributed by atoms with E-state index >= 15 is 0 Å². The van der Waals surface area contributed by atoms with E-state index in [4.69, 9.17) is 37.9 Å². The molecule has 21 atom stereocenters. The molecule has 0 aromatic heterocycles. The Morgan fingerprint density at radius 3 is 1.95 bits per heavy atom. The minimum atomic E-state index is -1.05. The fraction of sp³-hybridized carbons (Fsp3) is 0.905. The zero-order valence-corrected chi connectivity index (χ0v) is 33.9. The predicted octanol–water partition coefficient (Wildman–Crippen LogP) is 2.40. The van der Waals surface area contributed by atoms with E-state index in [1.165, 1.54) is 6.08 Å². The summed E-state index contributed by atoms with van der Waals surface area (Å²) in [5.41, 5.74) is -0.790. The average molecular weight is 809 g/mol. The molecule has 57 heavy (non-hydrogen) atoms. The van der Waals surface area contributed by atoms with Crippen molar-refractivity contribution in [2.45, 2.75) is 197 Å². The van der Waals surface area contributed by atoms with Crippen molar-refractivity contribution in [3.63, 3.8) is 0 Å². The maximum Gasteiger partial charge on any atom is 0.331 e. The molecule has 15 heteroatoms. The summed E-state index contributed by atoms with van der Waals surface area (Å²) < 4.78 is 47.8. The summed E-state index contributed by atoms with van der Waals surface area (Å²) in [6.07, 6.45) is -1.35. The Kier molecular flexibility index (Phi) is 11.7. The van der Waals surface area contributed by atoms with Gasteiger partial charge in [-0.25, -0.2) is 4.79 Å². The second kappa shape index (κ2) is 15.9. The Bertz CT molecular complexity index is 1470. The van der Waals surface area contributed by atoms with Crippen molar-refractivity contribution in [3.8, 4) is 0 Å². The number of fused-ring (bicyclic) bond motifs is 5. The van der Waals surface area contributed by atoms with Gasteiger partial charge in [-0.1, -0.05) is 13.8 Å². The molecule has 322 valence electrons. The molecule has 8 rings (SSSR count). The Morgan fingerprint density at radius 1 is 0.754 bits per heavy atom. The first kappa shape index (κ1) is 42.0. The molecule has 15 nitrogen and oxygen atoms in total. The Hall–Kier alpha value is -1.76. The molecule has 0 aromatic rings. The van der Waals surface area contributed by atoms with Crippen LogP contribution in [0.15, 0.2) is 11.6 Å². The van der Waals surface area contributed by atoms with Gasteiger partial charge < -0.3 is 63.4 Å². The van der Waals surface area contributed by atoms with Crippen LogP contribution in [-0.4, -0.2) is 136 Å². The quantitative estimate of drug-likeness (QED) is 0.129. The van der Waals surface area contributed by atoms with Gasteiger partial charge in [0, 0.05) is 43.1 Å². The number of cyclic esters (lactones) is 1. The number of hydrogen-bond acceptors (Lipinski definition) is 15. The van der Waals surface area contributed by atoms with Crippen molar-refractivity contribution in [2.24, 2.45) is 34.5 Å². The lowest BCUT2D eigenvalue weighted by Crippen LogP contribution is -2.62. The van der Waals surface area contributed by atoms with Gasteiger partial charge in [-0.15, -0.1) is 0 Å². The number of rotatable bonds is 9. The summed E-state index contributed by atoms with van der Waals surface area (Å²) in [4.78, 5) is 23.7. The number of carbonyl (C=O) groups is 2. The maximum absolute atomic E-state index is 12.8. The van der Waals surface area contributed by atoms with Crippen LogP contribution in [0.1, 0.15) is 105 Å². The Balaban J connectivity index is 0.844. The van der Waals surface area contributed by atoms with E-state index in [-0.39, 0.29) is 55.2 Å². The Labute approximate surface area is 334 Å². The molecule has 4 saturated carbocycles. The van der Waals surface area contributed by atoms with Crippen molar-refractivity contribution < 1.29 is 73.0 Å². The molecule has 0 aromatic carbocycles. The zero-order valence-electron chi connectivity index (χ0n) is 33.9. The highest BCUT2D eigenvalue weighted by molar-refractivity contribution is 5.85. The minimum Gasteiger partial charge on any atom is -0.464 e. The van der Waals surface area contributed by atoms with Crippen LogP contribution in [-0.2, 0) is 47.5 Å². The van der Waals surface area contributed by atoms with Gasteiger partial charge in [0.2, 0.25) is 0 Å². The van der Waals surface area contributed by atoms with Crippen LogP contribution >= 0.6 is 0 Å². The second-order valence-corrected chi connectivity index (χ2v) is 19.1. The highest BCUT2D eigenvalue weighted by atomic mass is 16.7. The van der Waals surface area contributed by atoms with Gasteiger partial charge in [-0.05, 0) is 94.5 Å². The monoisotopic (exact) mass is 808 g/mol. The SMILES string of the molecule is C[C@H]1OC(O[C@H]2[C@@H](O)CC(O[C@H]3[C@@H](O)CC(O[C@H]4CC[C@@]5(C)[C@H](CC[C@@H]6[C@@H]5CC[C@]5(C)[C@@H](C7=CC(=O)OC7)[C@@H](OC=O)C[C@]65O)C4)O[C@@H]3C)O[C@@H]2C)C[C@H](O)[C@@H]1O. The van der Waals surface area contributed by atoms with E-state index in [0.29, 0.717) is 24.7 Å². The van der Waals surface area contributed by atoms with Gasteiger partial charge in [0.15, 0.2) is 18.9 Å². The van der Waals surface area contributed by atoms with Crippen LogP contribution in [0.4, 0.5) is 0 Å². The lowest BCUT2D eigenvalue weighted by atomic mass is 9.43. The molecule has 8 aliphatic rings. The number of hydrogen-bond donors (Lipinski definition) is 5. The van der Waals surface area contributed by atoms with E-state index in [9.17, 15) is 35.1 Å². The van der Waals surface area contributed by atoms with Gasteiger partial charge in [0.05, 0.1) is 48.3 Å². The Morgan fingerprint density at radius 2 is 1.37 bits per heavy atom. The normalized spacial score (nSPS) is 53.9. The smallest absolute Gasteiger partial charge is 0.331 e. The predicted molar refractivity (Wildman–Crippen MR) is 198 cm³/mol. The van der Waals surface area contributed by atoms with E-state index in [0.717, 1.165) is 50.5 Å². The molecular weight excluding hydrogens is 744 g/mol. The van der Waals surface area contributed by atoms with Crippen LogP contribution in [0.5, 0.6) is 0 Å². The number of esters is 1. The molecule has 0 spiro atoms. The number of ether oxygens (including phenoxy) is 8. The molecule has 4 aliphatic carbocycles. The van der Waals surface area contributed by atoms with Gasteiger partial charge in [0.25, 0.3) is 6.47 Å². The van der Waals surface area contributed by atoms with Crippen LogP contribution in [0, 0.1) is 34.5 Å². The maximum atomic E-state index is 12.8. The average Bonchev–Trinajstić information content (AvgIpc) is 3.67. The number of aliphatic hydroxyl groups is 5. The van der Waals surface area contributed by atoms with Crippen LogP contribution in [0.2, 0.25) is 0 Å². The van der Waals surface area contributed by atoms with E-state index in [2.05, 4.69) is 13.8 Å².